The number of rotatable bonds is 10. The Morgan fingerprint density at radius 1 is 0.963 bits per heavy atom. The minimum absolute atomic E-state index is 0. The fourth-order valence-corrected chi connectivity index (χ4v) is 2.44. The van der Waals surface area contributed by atoms with Crippen molar-refractivity contribution in [2.75, 3.05) is 26.2 Å². The summed E-state index contributed by atoms with van der Waals surface area (Å²) >= 11 is 0. The highest BCUT2D eigenvalue weighted by Gasteiger charge is 2.09. The number of para-hydroxylation sites is 1. The van der Waals surface area contributed by atoms with Crippen molar-refractivity contribution in [1.82, 2.24) is 15.6 Å². The van der Waals surface area contributed by atoms with Crippen LogP contribution in [0.1, 0.15) is 36.2 Å². The number of phenols is 1. The van der Waals surface area contributed by atoms with Crippen LogP contribution in [0.2, 0.25) is 0 Å². The number of amides is 1. The lowest BCUT2D eigenvalue weighted by Gasteiger charge is -2.07. The van der Waals surface area contributed by atoms with Crippen LogP contribution in [0.15, 0.2) is 30.3 Å². The van der Waals surface area contributed by atoms with Crippen LogP contribution in [-0.4, -0.2) is 42.2 Å². The summed E-state index contributed by atoms with van der Waals surface area (Å²) in [5.41, 5.74) is 6.21. The van der Waals surface area contributed by atoms with Crippen molar-refractivity contribution in [2.45, 2.75) is 25.7 Å². The number of halogens is 3. The van der Waals surface area contributed by atoms with Gasteiger partial charge in [0.1, 0.15) is 17.0 Å². The average Bonchev–Trinajstić information content (AvgIpc) is 2.60. The van der Waals surface area contributed by atoms with Crippen LogP contribution in [0.25, 0.3) is 10.9 Å². The van der Waals surface area contributed by atoms with E-state index in [0.717, 1.165) is 50.7 Å². The van der Waals surface area contributed by atoms with Gasteiger partial charge in [0, 0.05) is 11.9 Å². The summed E-state index contributed by atoms with van der Waals surface area (Å²) in [7, 11) is 0. The second-order valence-electron chi connectivity index (χ2n) is 5.75. The zero-order valence-electron chi connectivity index (χ0n) is 15.1. The SMILES string of the molecule is Cl.Cl.Cl.NCCCCNCCCCNC(=O)c1ccc2cccc(O)c2n1. The van der Waals surface area contributed by atoms with Gasteiger partial charge in [0.05, 0.1) is 0 Å². The van der Waals surface area contributed by atoms with Crippen LogP contribution in [-0.2, 0) is 0 Å². The number of hydrogen-bond acceptors (Lipinski definition) is 5. The molecule has 0 fully saturated rings. The Hall–Kier alpha value is -1.31. The van der Waals surface area contributed by atoms with Crippen molar-refractivity contribution in [3.8, 4) is 5.75 Å². The zero-order chi connectivity index (χ0) is 17.2. The molecule has 0 bridgehead atoms. The van der Waals surface area contributed by atoms with Crippen molar-refractivity contribution in [2.24, 2.45) is 5.73 Å². The van der Waals surface area contributed by atoms with Crippen LogP contribution in [0.4, 0.5) is 0 Å². The topological polar surface area (TPSA) is 100 Å². The van der Waals surface area contributed by atoms with Crippen LogP contribution in [0, 0.1) is 0 Å². The monoisotopic (exact) mass is 438 g/mol. The summed E-state index contributed by atoms with van der Waals surface area (Å²) in [5.74, 6) is -0.126. The van der Waals surface area contributed by atoms with Crippen molar-refractivity contribution in [3.63, 3.8) is 0 Å². The molecule has 5 N–H and O–H groups in total. The Balaban J connectivity index is 0. The molecule has 2 aromatic rings. The Bertz CT molecular complexity index is 674. The normalized spacial score (nSPS) is 9.67. The number of pyridine rings is 1. The summed E-state index contributed by atoms with van der Waals surface area (Å²) < 4.78 is 0. The quantitative estimate of drug-likeness (QED) is 0.426. The molecule has 6 nitrogen and oxygen atoms in total. The fourth-order valence-electron chi connectivity index (χ4n) is 2.44. The molecule has 1 aromatic heterocycles. The maximum absolute atomic E-state index is 12.1. The lowest BCUT2D eigenvalue weighted by Crippen LogP contribution is -2.26. The van der Waals surface area contributed by atoms with Gasteiger partial charge < -0.3 is 21.5 Å². The van der Waals surface area contributed by atoms with Crippen LogP contribution in [0.3, 0.4) is 0 Å². The van der Waals surface area contributed by atoms with Gasteiger partial charge >= 0.3 is 0 Å². The fraction of sp³-hybridized carbons (Fsp3) is 0.444. The first kappa shape index (κ1) is 27.9. The van der Waals surface area contributed by atoms with Crippen LogP contribution < -0.4 is 16.4 Å². The standard InChI is InChI=1S/C18H26N4O2.3ClH/c19-10-1-2-11-20-12-3-4-13-21-18(24)15-9-8-14-6-5-7-16(23)17(14)22-15;;;/h5-9,20,23H,1-4,10-13,19H2,(H,21,24);3*1H. The van der Waals surface area contributed by atoms with Crippen molar-refractivity contribution < 1.29 is 9.90 Å². The third kappa shape index (κ3) is 9.44. The van der Waals surface area contributed by atoms with E-state index in [0.29, 0.717) is 17.8 Å². The summed E-state index contributed by atoms with van der Waals surface area (Å²) in [5, 5.41) is 16.9. The van der Waals surface area contributed by atoms with E-state index >= 15 is 0 Å². The molecule has 154 valence electrons. The zero-order valence-corrected chi connectivity index (χ0v) is 17.6. The van der Waals surface area contributed by atoms with Gasteiger partial charge in [0.15, 0.2) is 0 Å². The highest BCUT2D eigenvalue weighted by atomic mass is 35.5. The largest absolute Gasteiger partial charge is 0.506 e. The van der Waals surface area contributed by atoms with Gasteiger partial charge in [-0.25, -0.2) is 4.98 Å². The summed E-state index contributed by atoms with van der Waals surface area (Å²) in [6.07, 6.45) is 4.08. The number of aromatic nitrogens is 1. The van der Waals surface area contributed by atoms with Gasteiger partial charge in [-0.3, -0.25) is 4.79 Å². The predicted molar refractivity (Wildman–Crippen MR) is 118 cm³/mol. The minimum atomic E-state index is -0.212. The van der Waals surface area contributed by atoms with Gasteiger partial charge in [0.2, 0.25) is 0 Å². The Kier molecular flexibility index (Phi) is 16.2. The molecule has 0 spiro atoms. The lowest BCUT2D eigenvalue weighted by molar-refractivity contribution is 0.0948. The van der Waals surface area contributed by atoms with E-state index in [4.69, 9.17) is 5.73 Å². The number of carbonyl (C=O) groups is 1. The summed E-state index contributed by atoms with van der Waals surface area (Å²) in [6, 6.07) is 8.64. The van der Waals surface area contributed by atoms with E-state index in [9.17, 15) is 9.90 Å². The molecule has 0 saturated carbocycles. The summed E-state index contributed by atoms with van der Waals surface area (Å²) in [6.45, 7) is 3.30. The molecule has 0 aliphatic rings. The minimum Gasteiger partial charge on any atom is -0.506 e. The molecular formula is C18H29Cl3N4O2. The van der Waals surface area contributed by atoms with Gasteiger partial charge in [-0.1, -0.05) is 18.2 Å². The smallest absolute Gasteiger partial charge is 0.269 e. The molecule has 9 heteroatoms. The van der Waals surface area contributed by atoms with Crippen molar-refractivity contribution in [3.05, 3.63) is 36.0 Å². The predicted octanol–water partition coefficient (Wildman–Crippen LogP) is 3.04. The number of phenolic OH excluding ortho intramolecular Hbond substituents is 1. The molecule has 0 aliphatic carbocycles. The van der Waals surface area contributed by atoms with Crippen LogP contribution >= 0.6 is 37.2 Å². The molecule has 1 amide bonds. The number of hydrogen-bond donors (Lipinski definition) is 4. The average molecular weight is 440 g/mol. The third-order valence-corrected chi connectivity index (χ3v) is 3.81. The second kappa shape index (κ2) is 15.7. The first-order valence-corrected chi connectivity index (χ1v) is 8.50. The maximum Gasteiger partial charge on any atom is 0.269 e. The molecule has 0 saturated heterocycles. The number of fused-ring (bicyclic) bond motifs is 1. The lowest BCUT2D eigenvalue weighted by atomic mass is 10.2. The number of carbonyl (C=O) groups excluding carboxylic acids is 1. The Labute approximate surface area is 178 Å². The molecule has 1 aromatic carbocycles. The molecule has 1 heterocycles. The number of benzene rings is 1. The Morgan fingerprint density at radius 3 is 2.33 bits per heavy atom. The number of nitrogens with one attached hydrogen (secondary N) is 2. The Morgan fingerprint density at radius 2 is 1.63 bits per heavy atom. The number of nitrogens with two attached hydrogens (primary N) is 1. The van der Waals surface area contributed by atoms with Crippen LogP contribution in [0.5, 0.6) is 5.75 Å². The first-order valence-electron chi connectivity index (χ1n) is 8.50. The highest BCUT2D eigenvalue weighted by Crippen LogP contribution is 2.22. The highest BCUT2D eigenvalue weighted by molar-refractivity contribution is 5.95. The number of unbranched alkanes of at least 4 members (excludes halogenated alkanes) is 2. The van der Waals surface area contributed by atoms with Gasteiger partial charge in [0.25, 0.3) is 5.91 Å². The van der Waals surface area contributed by atoms with Gasteiger partial charge in [-0.05, 0) is 57.5 Å². The van der Waals surface area contributed by atoms with Gasteiger partial charge in [-0.15, -0.1) is 37.2 Å². The van der Waals surface area contributed by atoms with E-state index in [1.165, 1.54) is 0 Å². The molecule has 0 unspecified atom stereocenters. The second-order valence-corrected chi connectivity index (χ2v) is 5.75. The van der Waals surface area contributed by atoms with E-state index in [1.54, 1.807) is 24.3 Å². The molecule has 0 atom stereocenters. The van der Waals surface area contributed by atoms with Crippen molar-refractivity contribution >= 4 is 54.0 Å². The van der Waals surface area contributed by atoms with Gasteiger partial charge in [-0.2, -0.15) is 0 Å². The molecular weight excluding hydrogens is 411 g/mol. The third-order valence-electron chi connectivity index (χ3n) is 3.81. The molecule has 0 aliphatic heterocycles. The maximum atomic E-state index is 12.1. The molecule has 0 radical (unpaired) electrons. The van der Waals surface area contributed by atoms with E-state index in [1.807, 2.05) is 6.07 Å². The van der Waals surface area contributed by atoms with E-state index in [-0.39, 0.29) is 48.9 Å². The van der Waals surface area contributed by atoms with Crippen molar-refractivity contribution in [1.29, 1.82) is 0 Å². The number of nitrogens with zero attached hydrogens (tertiary/aromatic N) is 1. The molecule has 2 rings (SSSR count). The van der Waals surface area contributed by atoms with E-state index < -0.39 is 0 Å². The van der Waals surface area contributed by atoms with E-state index in [2.05, 4.69) is 15.6 Å². The number of aromatic hydroxyl groups is 1. The summed E-state index contributed by atoms with van der Waals surface area (Å²) in [4.78, 5) is 16.4. The first-order chi connectivity index (χ1) is 11.7. The molecule has 27 heavy (non-hydrogen) atoms.